The summed E-state index contributed by atoms with van der Waals surface area (Å²) >= 11 is 0. The Morgan fingerprint density at radius 1 is 0.432 bits per heavy atom. The van der Waals surface area contributed by atoms with Gasteiger partial charge in [0.15, 0.2) is 0 Å². The quantitative estimate of drug-likeness (QED) is 0.238. The molecule has 0 bridgehead atoms. The van der Waals surface area contributed by atoms with Gasteiger partial charge in [-0.15, -0.1) is 0 Å². The minimum Gasteiger partial charge on any atom is -0.0622 e. The van der Waals surface area contributed by atoms with Crippen LogP contribution in [0.25, 0.3) is 11.1 Å². The number of hydrogen-bond acceptors (Lipinski definition) is 0. The van der Waals surface area contributed by atoms with Crippen molar-refractivity contribution < 1.29 is 0 Å². The minimum atomic E-state index is 0.659. The molecule has 0 radical (unpaired) electrons. The molecule has 190 valence electrons. The summed E-state index contributed by atoms with van der Waals surface area (Å²) in [5, 5.41) is 0. The minimum absolute atomic E-state index is 0.659. The first-order valence-electron chi connectivity index (χ1n) is 13.2. The molecule has 0 aliphatic heterocycles. The molecule has 0 N–H and O–H groups in total. The van der Waals surface area contributed by atoms with Crippen LogP contribution in [-0.2, 0) is 6.42 Å². The van der Waals surface area contributed by atoms with E-state index < -0.39 is 0 Å². The fourth-order valence-corrected chi connectivity index (χ4v) is 3.46. The SMILES string of the molecule is CC(C)c1ccccc1.CCc1ccccc1.Cc1ccc(-c2ccccc2)cc1.Cc1ccccc1. The second kappa shape index (κ2) is 17.5. The Bertz CT molecular complexity index is 1190. The normalized spacial score (nSPS) is 9.57. The number of benzene rings is 5. The molecule has 0 aliphatic rings. The number of hydrogen-bond donors (Lipinski definition) is 0. The van der Waals surface area contributed by atoms with E-state index in [1.807, 2.05) is 36.4 Å². The Balaban J connectivity index is 0.000000179. The van der Waals surface area contributed by atoms with Crippen molar-refractivity contribution in [2.45, 2.75) is 47.0 Å². The van der Waals surface area contributed by atoms with Crippen molar-refractivity contribution >= 4 is 0 Å². The van der Waals surface area contributed by atoms with Gasteiger partial charge in [-0.05, 0) is 48.4 Å². The Kier molecular flexibility index (Phi) is 13.9. The molecule has 0 heterocycles. The summed E-state index contributed by atoms with van der Waals surface area (Å²) < 4.78 is 0. The molecule has 0 nitrogen and oxygen atoms in total. The van der Waals surface area contributed by atoms with Gasteiger partial charge in [0.1, 0.15) is 0 Å². The Morgan fingerprint density at radius 2 is 0.811 bits per heavy atom. The van der Waals surface area contributed by atoms with E-state index in [0.29, 0.717) is 5.92 Å². The van der Waals surface area contributed by atoms with Crippen molar-refractivity contribution in [2.24, 2.45) is 0 Å². The number of rotatable bonds is 3. The van der Waals surface area contributed by atoms with Crippen LogP contribution in [-0.4, -0.2) is 0 Å². The lowest BCUT2D eigenvalue weighted by molar-refractivity contribution is 0.867. The van der Waals surface area contributed by atoms with Gasteiger partial charge in [-0.25, -0.2) is 0 Å². The highest BCUT2D eigenvalue weighted by Gasteiger charge is 1.94. The second-order valence-electron chi connectivity index (χ2n) is 9.29. The van der Waals surface area contributed by atoms with Crippen molar-refractivity contribution in [1.82, 2.24) is 0 Å². The lowest BCUT2D eigenvalue weighted by Gasteiger charge is -2.01. The predicted molar refractivity (Wildman–Crippen MR) is 164 cm³/mol. The van der Waals surface area contributed by atoms with Gasteiger partial charge in [-0.2, -0.15) is 0 Å². The van der Waals surface area contributed by atoms with E-state index in [-0.39, 0.29) is 0 Å². The molecule has 0 amide bonds. The third-order valence-corrected chi connectivity index (χ3v) is 5.82. The molecule has 0 saturated carbocycles. The van der Waals surface area contributed by atoms with Crippen molar-refractivity contribution in [3.05, 3.63) is 168 Å². The fraction of sp³-hybridized carbons (Fsp3) is 0.189. The zero-order chi connectivity index (χ0) is 26.7. The monoisotopic (exact) mass is 486 g/mol. The maximum absolute atomic E-state index is 2.20. The molecule has 0 unspecified atom stereocenters. The lowest BCUT2D eigenvalue weighted by Crippen LogP contribution is -1.83. The van der Waals surface area contributed by atoms with E-state index in [2.05, 4.69) is 144 Å². The van der Waals surface area contributed by atoms with E-state index in [0.717, 1.165) is 6.42 Å². The molecule has 0 saturated heterocycles. The van der Waals surface area contributed by atoms with Crippen LogP contribution in [0.15, 0.2) is 146 Å². The predicted octanol–water partition coefficient (Wildman–Crippen LogP) is 10.7. The summed E-state index contributed by atoms with van der Waals surface area (Å²) in [6, 6.07) is 50.3. The highest BCUT2D eigenvalue weighted by atomic mass is 14.0. The van der Waals surface area contributed by atoms with E-state index >= 15 is 0 Å². The van der Waals surface area contributed by atoms with Crippen LogP contribution >= 0.6 is 0 Å². The van der Waals surface area contributed by atoms with E-state index in [4.69, 9.17) is 0 Å². The highest BCUT2D eigenvalue weighted by Crippen LogP contribution is 2.18. The largest absolute Gasteiger partial charge is 0.0622 e. The van der Waals surface area contributed by atoms with Crippen molar-refractivity contribution in [3.63, 3.8) is 0 Å². The molecule has 5 rings (SSSR count). The van der Waals surface area contributed by atoms with Crippen molar-refractivity contribution in [1.29, 1.82) is 0 Å². The average molecular weight is 487 g/mol. The Morgan fingerprint density at radius 3 is 1.16 bits per heavy atom. The molecule has 0 heteroatoms. The Hall–Kier alpha value is -3.90. The molecule has 0 aromatic heterocycles. The van der Waals surface area contributed by atoms with Crippen LogP contribution in [0.4, 0.5) is 0 Å². The topological polar surface area (TPSA) is 0 Å². The highest BCUT2D eigenvalue weighted by molar-refractivity contribution is 5.63. The summed E-state index contributed by atoms with van der Waals surface area (Å²) in [6.45, 7) is 10.8. The molecule has 5 aromatic carbocycles. The smallest absolute Gasteiger partial charge is 0.0184 e. The molecular formula is C37H42. The zero-order valence-corrected chi connectivity index (χ0v) is 23.1. The van der Waals surface area contributed by atoms with Gasteiger partial charge in [0.05, 0.1) is 0 Å². The number of aryl methyl sites for hydroxylation is 3. The maximum atomic E-state index is 2.20. The second-order valence-corrected chi connectivity index (χ2v) is 9.29. The van der Waals surface area contributed by atoms with Crippen LogP contribution in [0.5, 0.6) is 0 Å². The van der Waals surface area contributed by atoms with Gasteiger partial charge in [0.25, 0.3) is 0 Å². The third kappa shape index (κ3) is 12.6. The first kappa shape index (κ1) is 29.3. The molecule has 0 aliphatic carbocycles. The molecular weight excluding hydrogens is 444 g/mol. The fourth-order valence-electron chi connectivity index (χ4n) is 3.46. The molecule has 0 fully saturated rings. The lowest BCUT2D eigenvalue weighted by atomic mass is 10.0. The van der Waals surface area contributed by atoms with E-state index in [1.54, 1.807) is 0 Å². The van der Waals surface area contributed by atoms with Crippen molar-refractivity contribution in [2.75, 3.05) is 0 Å². The first-order chi connectivity index (χ1) is 18.0. The van der Waals surface area contributed by atoms with Gasteiger partial charge in [-0.3, -0.25) is 0 Å². The van der Waals surface area contributed by atoms with Crippen LogP contribution in [0.1, 0.15) is 48.9 Å². The summed E-state index contributed by atoms with van der Waals surface area (Å²) in [5.74, 6) is 0.659. The van der Waals surface area contributed by atoms with Gasteiger partial charge >= 0.3 is 0 Å². The molecule has 5 aromatic rings. The van der Waals surface area contributed by atoms with Gasteiger partial charge < -0.3 is 0 Å². The van der Waals surface area contributed by atoms with E-state index in [1.165, 1.54) is 33.4 Å². The van der Waals surface area contributed by atoms with E-state index in [9.17, 15) is 0 Å². The summed E-state index contributed by atoms with van der Waals surface area (Å²) in [6.07, 6.45) is 1.14. The van der Waals surface area contributed by atoms with Gasteiger partial charge in [0, 0.05) is 0 Å². The summed E-state index contributed by atoms with van der Waals surface area (Å²) in [7, 11) is 0. The van der Waals surface area contributed by atoms with Crippen LogP contribution in [0.2, 0.25) is 0 Å². The Labute approximate surface area is 225 Å². The van der Waals surface area contributed by atoms with Crippen LogP contribution < -0.4 is 0 Å². The van der Waals surface area contributed by atoms with Crippen LogP contribution in [0.3, 0.4) is 0 Å². The van der Waals surface area contributed by atoms with Crippen molar-refractivity contribution in [3.8, 4) is 11.1 Å². The standard InChI is InChI=1S/C13H12.C9H12.C8H10.C7H8/c1-11-7-9-13(10-8-11)12-5-3-2-4-6-12;1-8(2)9-6-4-3-5-7-9;1-2-8-6-4-3-5-7-8;1-7-5-3-2-4-6-7/h2-10H,1H3;3-8H,1-2H3;3-7H,2H2,1H3;2-6H,1H3. The first-order valence-corrected chi connectivity index (χ1v) is 13.2. The molecule has 0 spiro atoms. The van der Waals surface area contributed by atoms with Crippen LogP contribution in [0, 0.1) is 13.8 Å². The maximum Gasteiger partial charge on any atom is -0.0184 e. The average Bonchev–Trinajstić information content (AvgIpc) is 2.96. The third-order valence-electron chi connectivity index (χ3n) is 5.82. The molecule has 0 atom stereocenters. The molecule has 37 heavy (non-hydrogen) atoms. The summed E-state index contributed by atoms with van der Waals surface area (Å²) in [5.41, 5.74) is 8.01. The van der Waals surface area contributed by atoms with Gasteiger partial charge in [-0.1, -0.05) is 177 Å². The summed E-state index contributed by atoms with van der Waals surface area (Å²) in [4.78, 5) is 0. The zero-order valence-electron chi connectivity index (χ0n) is 23.1. The van der Waals surface area contributed by atoms with Gasteiger partial charge in [0.2, 0.25) is 0 Å².